The molecule has 5 heteroatoms. The fourth-order valence-electron chi connectivity index (χ4n) is 1.44. The van der Waals surface area contributed by atoms with Crippen molar-refractivity contribution < 1.29 is 19.7 Å². The Morgan fingerprint density at radius 3 is 2.63 bits per heavy atom. The third-order valence-corrected chi connectivity index (χ3v) is 4.37. The molecule has 1 rings (SSSR count). The number of carboxylic acids is 1. The Balaban J connectivity index is 2.85. The van der Waals surface area contributed by atoms with Gasteiger partial charge in [-0.3, -0.25) is 0 Å². The predicted octanol–water partition coefficient (Wildman–Crippen LogP) is 3.18. The van der Waals surface area contributed by atoms with E-state index in [-0.39, 0.29) is 17.4 Å². The van der Waals surface area contributed by atoms with Gasteiger partial charge in [0.1, 0.15) is 12.4 Å². The van der Waals surface area contributed by atoms with E-state index >= 15 is 0 Å². The molecule has 1 heterocycles. The highest BCUT2D eigenvalue weighted by atomic mass is 32.1. The molecule has 0 spiro atoms. The van der Waals surface area contributed by atoms with Crippen LogP contribution in [0.25, 0.3) is 0 Å². The molecule has 19 heavy (non-hydrogen) atoms. The number of aromatic carboxylic acids is 1. The van der Waals surface area contributed by atoms with Crippen LogP contribution in [0.2, 0.25) is 0 Å². The summed E-state index contributed by atoms with van der Waals surface area (Å²) in [4.78, 5) is 12.4. The fraction of sp³-hybridized carbons (Fsp3) is 0.643. The summed E-state index contributed by atoms with van der Waals surface area (Å²) in [7, 11) is 0. The zero-order valence-corrected chi connectivity index (χ0v) is 12.7. The van der Waals surface area contributed by atoms with Crippen molar-refractivity contribution in [2.24, 2.45) is 5.92 Å². The van der Waals surface area contributed by atoms with Crippen LogP contribution in [0.1, 0.15) is 48.7 Å². The summed E-state index contributed by atoms with van der Waals surface area (Å²) >= 11 is 1.24. The monoisotopic (exact) mass is 286 g/mol. The Bertz CT molecular complexity index is 435. The molecule has 108 valence electrons. The highest BCUT2D eigenvalue weighted by Crippen LogP contribution is 2.31. The lowest BCUT2D eigenvalue weighted by Gasteiger charge is -2.27. The summed E-state index contributed by atoms with van der Waals surface area (Å²) in [6.07, 6.45) is 1.80. The van der Waals surface area contributed by atoms with Crippen LogP contribution in [0.5, 0.6) is 5.75 Å². The molecule has 1 aromatic rings. The van der Waals surface area contributed by atoms with Gasteiger partial charge < -0.3 is 14.9 Å². The second kappa shape index (κ2) is 6.39. The molecule has 0 amide bonds. The van der Waals surface area contributed by atoms with Crippen LogP contribution >= 0.6 is 11.3 Å². The van der Waals surface area contributed by atoms with Gasteiger partial charge in [-0.05, 0) is 25.3 Å². The fourth-order valence-corrected chi connectivity index (χ4v) is 2.48. The van der Waals surface area contributed by atoms with Crippen LogP contribution < -0.4 is 4.74 Å². The first kappa shape index (κ1) is 16.0. The van der Waals surface area contributed by atoms with Crippen molar-refractivity contribution in [3.05, 3.63) is 15.8 Å². The first-order chi connectivity index (χ1) is 8.77. The number of carbonyl (C=O) groups is 1. The standard InChI is InChI=1S/C14H22O4S/c1-5-6-10-7-11(12(19-10)13(15)16)18-8-14(4,17)9(2)3/h7,9,17H,5-6,8H2,1-4H3,(H,15,16). The molecule has 0 bridgehead atoms. The maximum atomic E-state index is 11.2. The molecule has 0 saturated carbocycles. The van der Waals surface area contributed by atoms with Gasteiger partial charge in [0.05, 0.1) is 5.60 Å². The number of thiophene rings is 1. The molecular formula is C14H22O4S. The van der Waals surface area contributed by atoms with Gasteiger partial charge in [-0.2, -0.15) is 0 Å². The van der Waals surface area contributed by atoms with Crippen LogP contribution in [-0.2, 0) is 6.42 Å². The number of ether oxygens (including phenoxy) is 1. The molecule has 0 aliphatic carbocycles. The van der Waals surface area contributed by atoms with Crippen molar-refractivity contribution in [1.29, 1.82) is 0 Å². The van der Waals surface area contributed by atoms with Crippen molar-refractivity contribution in [2.75, 3.05) is 6.61 Å². The number of aliphatic hydroxyl groups is 1. The van der Waals surface area contributed by atoms with Crippen molar-refractivity contribution in [3.63, 3.8) is 0 Å². The van der Waals surface area contributed by atoms with Crippen LogP contribution in [0.15, 0.2) is 6.07 Å². The topological polar surface area (TPSA) is 66.8 Å². The summed E-state index contributed by atoms with van der Waals surface area (Å²) < 4.78 is 5.53. The second-order valence-electron chi connectivity index (χ2n) is 5.26. The average molecular weight is 286 g/mol. The largest absolute Gasteiger partial charge is 0.489 e. The summed E-state index contributed by atoms with van der Waals surface area (Å²) in [5, 5.41) is 19.3. The molecule has 1 atom stereocenters. The highest BCUT2D eigenvalue weighted by molar-refractivity contribution is 7.14. The maximum absolute atomic E-state index is 11.2. The summed E-state index contributed by atoms with van der Waals surface area (Å²) in [6.45, 7) is 7.63. The molecular weight excluding hydrogens is 264 g/mol. The van der Waals surface area contributed by atoms with E-state index in [1.165, 1.54) is 11.3 Å². The third-order valence-electron chi connectivity index (χ3n) is 3.20. The molecule has 0 aromatic carbocycles. The lowest BCUT2D eigenvalue weighted by Crippen LogP contribution is -2.37. The van der Waals surface area contributed by atoms with Gasteiger partial charge in [0.15, 0.2) is 4.88 Å². The van der Waals surface area contributed by atoms with Crippen molar-refractivity contribution >= 4 is 17.3 Å². The van der Waals surface area contributed by atoms with E-state index in [1.807, 2.05) is 20.8 Å². The van der Waals surface area contributed by atoms with E-state index in [0.717, 1.165) is 17.7 Å². The van der Waals surface area contributed by atoms with Gasteiger partial charge in [-0.25, -0.2) is 4.79 Å². The molecule has 0 fully saturated rings. The van der Waals surface area contributed by atoms with Crippen LogP contribution in [0, 0.1) is 5.92 Å². The SMILES string of the molecule is CCCc1cc(OCC(C)(O)C(C)C)c(C(=O)O)s1. The van der Waals surface area contributed by atoms with E-state index in [4.69, 9.17) is 9.84 Å². The Kier molecular flexibility index (Phi) is 5.38. The number of carboxylic acid groups (broad SMARTS) is 1. The minimum absolute atomic E-state index is 0.0366. The van der Waals surface area contributed by atoms with E-state index in [1.54, 1.807) is 13.0 Å². The number of rotatable bonds is 7. The molecule has 0 saturated heterocycles. The lowest BCUT2D eigenvalue weighted by atomic mass is 9.94. The predicted molar refractivity (Wildman–Crippen MR) is 76.2 cm³/mol. The average Bonchev–Trinajstić information content (AvgIpc) is 2.70. The van der Waals surface area contributed by atoms with Crippen LogP contribution in [0.3, 0.4) is 0 Å². The summed E-state index contributed by atoms with van der Waals surface area (Å²) in [5.74, 6) is -0.581. The first-order valence-electron chi connectivity index (χ1n) is 6.49. The van der Waals surface area contributed by atoms with E-state index < -0.39 is 11.6 Å². The molecule has 1 unspecified atom stereocenters. The first-order valence-corrected chi connectivity index (χ1v) is 7.30. The van der Waals surface area contributed by atoms with Crippen LogP contribution in [-0.4, -0.2) is 28.4 Å². The Morgan fingerprint density at radius 2 is 2.16 bits per heavy atom. The molecule has 4 nitrogen and oxygen atoms in total. The van der Waals surface area contributed by atoms with Gasteiger partial charge in [-0.15, -0.1) is 11.3 Å². The van der Waals surface area contributed by atoms with E-state index in [2.05, 4.69) is 0 Å². The zero-order valence-electron chi connectivity index (χ0n) is 11.9. The number of hydrogen-bond acceptors (Lipinski definition) is 4. The number of hydrogen-bond donors (Lipinski definition) is 2. The zero-order chi connectivity index (χ0) is 14.6. The molecule has 0 aliphatic heterocycles. The summed E-state index contributed by atoms with van der Waals surface area (Å²) in [6, 6.07) is 1.77. The van der Waals surface area contributed by atoms with Crippen molar-refractivity contribution in [1.82, 2.24) is 0 Å². The van der Waals surface area contributed by atoms with E-state index in [0.29, 0.717) is 5.75 Å². The summed E-state index contributed by atoms with van der Waals surface area (Å²) in [5.41, 5.74) is -0.970. The smallest absolute Gasteiger partial charge is 0.349 e. The Morgan fingerprint density at radius 1 is 1.53 bits per heavy atom. The highest BCUT2D eigenvalue weighted by Gasteiger charge is 2.27. The molecule has 0 radical (unpaired) electrons. The molecule has 2 N–H and O–H groups in total. The number of aryl methyl sites for hydroxylation is 1. The van der Waals surface area contributed by atoms with Crippen molar-refractivity contribution in [2.45, 2.75) is 46.1 Å². The van der Waals surface area contributed by atoms with E-state index in [9.17, 15) is 9.90 Å². The normalized spacial score (nSPS) is 14.4. The Labute approximate surface area is 118 Å². The van der Waals surface area contributed by atoms with Gasteiger partial charge in [0.2, 0.25) is 0 Å². The Hall–Kier alpha value is -1.07. The quantitative estimate of drug-likeness (QED) is 0.808. The van der Waals surface area contributed by atoms with Gasteiger partial charge in [-0.1, -0.05) is 27.2 Å². The van der Waals surface area contributed by atoms with Gasteiger partial charge in [0, 0.05) is 4.88 Å². The minimum Gasteiger partial charge on any atom is -0.489 e. The maximum Gasteiger partial charge on any atom is 0.349 e. The minimum atomic E-state index is -0.980. The molecule has 0 aliphatic rings. The van der Waals surface area contributed by atoms with Crippen LogP contribution in [0.4, 0.5) is 0 Å². The molecule has 1 aromatic heterocycles. The van der Waals surface area contributed by atoms with Crippen molar-refractivity contribution in [3.8, 4) is 5.75 Å². The third kappa shape index (κ3) is 4.21. The lowest BCUT2D eigenvalue weighted by molar-refractivity contribution is -0.0268. The van der Waals surface area contributed by atoms with Gasteiger partial charge in [0.25, 0.3) is 0 Å². The van der Waals surface area contributed by atoms with Gasteiger partial charge >= 0.3 is 5.97 Å². The second-order valence-corrected chi connectivity index (χ2v) is 6.40.